The van der Waals surface area contributed by atoms with Crippen LogP contribution < -0.4 is 10.2 Å². The second-order valence-corrected chi connectivity index (χ2v) is 6.11. The molecule has 0 atom stereocenters. The van der Waals surface area contributed by atoms with Crippen LogP contribution in [0.3, 0.4) is 0 Å². The van der Waals surface area contributed by atoms with E-state index < -0.39 is 0 Å². The van der Waals surface area contributed by atoms with Crippen LogP contribution in [0.1, 0.15) is 30.4 Å². The predicted octanol–water partition coefficient (Wildman–Crippen LogP) is 3.06. The van der Waals surface area contributed by atoms with Crippen molar-refractivity contribution in [2.75, 3.05) is 11.4 Å². The molecule has 0 aliphatic carbocycles. The number of rotatable bonds is 5. The van der Waals surface area contributed by atoms with Crippen LogP contribution in [-0.2, 0) is 22.6 Å². The Labute approximate surface area is 142 Å². The number of nitrogens with one attached hydrogen (secondary N) is 1. The minimum absolute atomic E-state index is 0.0106. The van der Waals surface area contributed by atoms with Gasteiger partial charge >= 0.3 is 0 Å². The Hall–Kier alpha value is -2.62. The van der Waals surface area contributed by atoms with Crippen molar-refractivity contribution in [3.05, 3.63) is 65.7 Å². The van der Waals surface area contributed by atoms with E-state index in [-0.39, 0.29) is 11.8 Å². The molecule has 1 saturated heterocycles. The van der Waals surface area contributed by atoms with Crippen molar-refractivity contribution in [3.8, 4) is 0 Å². The van der Waals surface area contributed by atoms with Gasteiger partial charge in [0.15, 0.2) is 0 Å². The molecule has 0 saturated carbocycles. The summed E-state index contributed by atoms with van der Waals surface area (Å²) in [4.78, 5) is 25.8. The van der Waals surface area contributed by atoms with Gasteiger partial charge in [0.2, 0.25) is 11.8 Å². The summed E-state index contributed by atoms with van der Waals surface area (Å²) in [6.07, 6.45) is 3.07. The molecule has 4 heteroatoms. The Morgan fingerprint density at radius 2 is 1.71 bits per heavy atom. The highest BCUT2D eigenvalue weighted by Gasteiger charge is 2.19. The molecule has 2 aromatic carbocycles. The minimum atomic E-state index is 0.0106. The van der Waals surface area contributed by atoms with Crippen LogP contribution in [0.2, 0.25) is 0 Å². The van der Waals surface area contributed by atoms with Crippen molar-refractivity contribution in [2.45, 2.75) is 32.2 Å². The summed E-state index contributed by atoms with van der Waals surface area (Å²) in [6.45, 7) is 1.30. The van der Waals surface area contributed by atoms with Crippen LogP contribution >= 0.6 is 0 Å². The lowest BCUT2D eigenvalue weighted by Gasteiger charge is -2.26. The van der Waals surface area contributed by atoms with Crippen molar-refractivity contribution < 1.29 is 9.59 Å². The third-order valence-electron chi connectivity index (χ3n) is 4.27. The average Bonchev–Trinajstić information content (AvgIpc) is 2.62. The van der Waals surface area contributed by atoms with E-state index >= 15 is 0 Å². The zero-order valence-corrected chi connectivity index (χ0v) is 13.7. The van der Waals surface area contributed by atoms with Crippen LogP contribution in [0.25, 0.3) is 0 Å². The lowest BCUT2D eigenvalue weighted by Crippen LogP contribution is -2.35. The van der Waals surface area contributed by atoms with E-state index in [1.165, 1.54) is 0 Å². The zero-order valence-electron chi connectivity index (χ0n) is 13.7. The molecular formula is C20H22N2O2. The van der Waals surface area contributed by atoms with Gasteiger partial charge in [-0.15, -0.1) is 0 Å². The van der Waals surface area contributed by atoms with Crippen LogP contribution in [-0.4, -0.2) is 18.4 Å². The summed E-state index contributed by atoms with van der Waals surface area (Å²) >= 11 is 0. The Morgan fingerprint density at radius 1 is 0.958 bits per heavy atom. The lowest BCUT2D eigenvalue weighted by atomic mass is 10.1. The minimum Gasteiger partial charge on any atom is -0.352 e. The van der Waals surface area contributed by atoms with Gasteiger partial charge in [0, 0.05) is 25.2 Å². The summed E-state index contributed by atoms with van der Waals surface area (Å²) < 4.78 is 0. The summed E-state index contributed by atoms with van der Waals surface area (Å²) in [5.41, 5.74) is 2.98. The molecule has 1 aliphatic heterocycles. The maximum absolute atomic E-state index is 12.0. The fourth-order valence-electron chi connectivity index (χ4n) is 2.92. The number of carbonyl (C=O) groups is 2. The molecule has 0 aromatic heterocycles. The fraction of sp³-hybridized carbons (Fsp3) is 0.300. The highest BCUT2D eigenvalue weighted by Crippen LogP contribution is 2.21. The summed E-state index contributed by atoms with van der Waals surface area (Å²) in [5.74, 6) is 0.210. The molecule has 2 amide bonds. The second kappa shape index (κ2) is 7.77. The molecule has 24 heavy (non-hydrogen) atoms. The zero-order chi connectivity index (χ0) is 16.8. The van der Waals surface area contributed by atoms with Gasteiger partial charge in [0.05, 0.1) is 6.42 Å². The number of hydrogen-bond acceptors (Lipinski definition) is 2. The van der Waals surface area contributed by atoms with Gasteiger partial charge in [-0.3, -0.25) is 9.59 Å². The van der Waals surface area contributed by atoms with E-state index in [0.717, 1.165) is 36.2 Å². The first-order valence-electron chi connectivity index (χ1n) is 8.42. The fourth-order valence-corrected chi connectivity index (χ4v) is 2.92. The number of piperidine rings is 1. The van der Waals surface area contributed by atoms with Crippen LogP contribution in [0, 0.1) is 0 Å². The number of hydrogen-bond donors (Lipinski definition) is 1. The van der Waals surface area contributed by atoms with Gasteiger partial charge in [0.25, 0.3) is 0 Å². The standard InChI is InChI=1S/C20H22N2O2/c23-19(14-16-6-2-1-3-7-16)21-15-17-9-11-18(12-10-17)22-13-5-4-8-20(22)24/h1-3,6-7,9-12H,4-5,8,13-15H2,(H,21,23). The third-order valence-corrected chi connectivity index (χ3v) is 4.27. The maximum Gasteiger partial charge on any atom is 0.226 e. The SMILES string of the molecule is O=C(Cc1ccccc1)NCc1ccc(N2CCCCC2=O)cc1. The smallest absolute Gasteiger partial charge is 0.226 e. The molecule has 2 aromatic rings. The number of benzene rings is 2. The quantitative estimate of drug-likeness (QED) is 0.920. The third kappa shape index (κ3) is 4.22. The Balaban J connectivity index is 1.52. The molecule has 0 spiro atoms. The first-order valence-corrected chi connectivity index (χ1v) is 8.42. The first-order chi connectivity index (χ1) is 11.7. The molecular weight excluding hydrogens is 300 g/mol. The predicted molar refractivity (Wildman–Crippen MR) is 94.6 cm³/mol. The molecule has 124 valence electrons. The van der Waals surface area contributed by atoms with Crippen LogP contribution in [0.15, 0.2) is 54.6 Å². The van der Waals surface area contributed by atoms with Gasteiger partial charge < -0.3 is 10.2 Å². The summed E-state index contributed by atoms with van der Waals surface area (Å²) in [6, 6.07) is 17.6. The molecule has 1 aliphatic rings. The van der Waals surface area contributed by atoms with E-state index in [0.29, 0.717) is 19.4 Å². The van der Waals surface area contributed by atoms with Crippen molar-refractivity contribution in [2.24, 2.45) is 0 Å². The van der Waals surface area contributed by atoms with Crippen LogP contribution in [0.5, 0.6) is 0 Å². The molecule has 1 fully saturated rings. The number of nitrogens with zero attached hydrogens (tertiary/aromatic N) is 1. The van der Waals surface area contributed by atoms with Gasteiger partial charge in [0.1, 0.15) is 0 Å². The van der Waals surface area contributed by atoms with E-state index in [9.17, 15) is 9.59 Å². The molecule has 4 nitrogen and oxygen atoms in total. The van der Waals surface area contributed by atoms with Crippen molar-refractivity contribution in [1.82, 2.24) is 5.32 Å². The van der Waals surface area contributed by atoms with E-state index in [1.807, 2.05) is 59.5 Å². The van der Waals surface area contributed by atoms with E-state index in [1.54, 1.807) is 0 Å². The summed E-state index contributed by atoms with van der Waals surface area (Å²) in [5, 5.41) is 2.94. The maximum atomic E-state index is 12.0. The van der Waals surface area contributed by atoms with Gasteiger partial charge in [-0.25, -0.2) is 0 Å². The van der Waals surface area contributed by atoms with Crippen molar-refractivity contribution in [1.29, 1.82) is 0 Å². The number of carbonyl (C=O) groups excluding carboxylic acids is 2. The highest BCUT2D eigenvalue weighted by molar-refractivity contribution is 5.93. The molecule has 1 N–H and O–H groups in total. The van der Waals surface area contributed by atoms with Crippen molar-refractivity contribution >= 4 is 17.5 Å². The molecule has 1 heterocycles. The van der Waals surface area contributed by atoms with Crippen molar-refractivity contribution in [3.63, 3.8) is 0 Å². The molecule has 0 bridgehead atoms. The second-order valence-electron chi connectivity index (χ2n) is 6.11. The Morgan fingerprint density at radius 3 is 2.42 bits per heavy atom. The lowest BCUT2D eigenvalue weighted by molar-refractivity contribution is -0.121. The first kappa shape index (κ1) is 16.2. The van der Waals surface area contributed by atoms with Gasteiger partial charge in [-0.2, -0.15) is 0 Å². The number of amides is 2. The van der Waals surface area contributed by atoms with Gasteiger partial charge in [-0.1, -0.05) is 42.5 Å². The largest absolute Gasteiger partial charge is 0.352 e. The Kier molecular flexibility index (Phi) is 5.26. The number of anilines is 1. The normalized spacial score (nSPS) is 14.5. The molecule has 0 radical (unpaired) electrons. The van der Waals surface area contributed by atoms with E-state index in [2.05, 4.69) is 5.32 Å². The Bertz CT molecular complexity index is 695. The topological polar surface area (TPSA) is 49.4 Å². The highest BCUT2D eigenvalue weighted by atomic mass is 16.2. The molecule has 0 unspecified atom stereocenters. The monoisotopic (exact) mass is 322 g/mol. The van der Waals surface area contributed by atoms with E-state index in [4.69, 9.17) is 0 Å². The molecule has 3 rings (SSSR count). The van der Waals surface area contributed by atoms with Crippen LogP contribution in [0.4, 0.5) is 5.69 Å². The average molecular weight is 322 g/mol. The van der Waals surface area contributed by atoms with Gasteiger partial charge in [-0.05, 0) is 36.1 Å². The summed E-state index contributed by atoms with van der Waals surface area (Å²) in [7, 11) is 0.